The number of sulfonamides is 1. The Kier molecular flexibility index (Phi) is 7.34. The van der Waals surface area contributed by atoms with Gasteiger partial charge in [0.15, 0.2) is 0 Å². The van der Waals surface area contributed by atoms with Crippen molar-refractivity contribution in [1.29, 1.82) is 0 Å². The second-order valence-electron chi connectivity index (χ2n) is 6.78. The van der Waals surface area contributed by atoms with Crippen molar-refractivity contribution in [3.05, 3.63) is 24.3 Å². The van der Waals surface area contributed by atoms with E-state index in [0.717, 1.165) is 19.3 Å². The van der Waals surface area contributed by atoms with Crippen LogP contribution in [0.3, 0.4) is 0 Å². The van der Waals surface area contributed by atoms with E-state index in [4.69, 9.17) is 5.11 Å². The average Bonchev–Trinajstić information content (AvgIpc) is 2.66. The summed E-state index contributed by atoms with van der Waals surface area (Å²) in [6.45, 7) is 2.95. The topological polar surface area (TPSA) is 107 Å². The largest absolute Gasteiger partial charge is 0.481 e. The summed E-state index contributed by atoms with van der Waals surface area (Å²) in [6, 6.07) is 5.68. The molecule has 0 spiro atoms. The fraction of sp³-hybridized carbons (Fsp3) is 0.556. The van der Waals surface area contributed by atoms with Crippen LogP contribution in [-0.4, -0.2) is 67.3 Å². The highest BCUT2D eigenvalue weighted by atomic mass is 32.2. The second-order valence-corrected chi connectivity index (χ2v) is 8.72. The summed E-state index contributed by atoms with van der Waals surface area (Å²) in [5.41, 5.74) is 0.400. The van der Waals surface area contributed by atoms with Crippen molar-refractivity contribution < 1.29 is 23.1 Å². The van der Waals surface area contributed by atoms with Gasteiger partial charge >= 0.3 is 5.97 Å². The number of anilines is 1. The van der Waals surface area contributed by atoms with Crippen LogP contribution in [0.5, 0.6) is 0 Å². The Labute approximate surface area is 160 Å². The van der Waals surface area contributed by atoms with E-state index in [0.29, 0.717) is 18.8 Å². The van der Waals surface area contributed by atoms with Gasteiger partial charge in [0.25, 0.3) is 0 Å². The predicted molar refractivity (Wildman–Crippen MR) is 102 cm³/mol. The monoisotopic (exact) mass is 397 g/mol. The van der Waals surface area contributed by atoms with Crippen LogP contribution in [0, 0.1) is 0 Å². The van der Waals surface area contributed by atoms with Gasteiger partial charge in [-0.2, -0.15) is 4.31 Å². The fourth-order valence-electron chi connectivity index (χ4n) is 2.90. The van der Waals surface area contributed by atoms with Crippen LogP contribution in [0.2, 0.25) is 0 Å². The summed E-state index contributed by atoms with van der Waals surface area (Å²) >= 11 is 0. The summed E-state index contributed by atoms with van der Waals surface area (Å²) in [6.07, 6.45) is 2.69. The first-order valence-electron chi connectivity index (χ1n) is 9.05. The number of aliphatic carboxylic acids is 1. The van der Waals surface area contributed by atoms with Gasteiger partial charge in [-0.25, -0.2) is 8.42 Å². The van der Waals surface area contributed by atoms with Gasteiger partial charge in [0, 0.05) is 25.3 Å². The van der Waals surface area contributed by atoms with E-state index in [-0.39, 0.29) is 23.8 Å². The van der Waals surface area contributed by atoms with Crippen LogP contribution in [0.25, 0.3) is 0 Å². The number of nitrogens with one attached hydrogen (secondary N) is 1. The van der Waals surface area contributed by atoms with Gasteiger partial charge in [-0.1, -0.05) is 12.5 Å². The Hall–Kier alpha value is -1.97. The van der Waals surface area contributed by atoms with Gasteiger partial charge in [0.05, 0.1) is 17.4 Å². The highest BCUT2D eigenvalue weighted by molar-refractivity contribution is 7.89. The van der Waals surface area contributed by atoms with Crippen molar-refractivity contribution in [2.24, 2.45) is 0 Å². The summed E-state index contributed by atoms with van der Waals surface area (Å²) in [4.78, 5) is 24.9. The molecule has 0 radical (unpaired) electrons. The summed E-state index contributed by atoms with van der Waals surface area (Å²) < 4.78 is 27.0. The lowest BCUT2D eigenvalue weighted by atomic mass is 10.2. The maximum Gasteiger partial charge on any atom is 0.304 e. The molecule has 0 aromatic heterocycles. The third-order valence-electron chi connectivity index (χ3n) is 4.77. The first-order chi connectivity index (χ1) is 12.7. The molecule has 1 aliphatic rings. The first kappa shape index (κ1) is 21.3. The maximum atomic E-state index is 12.8. The zero-order valence-electron chi connectivity index (χ0n) is 15.7. The normalized spacial score (nSPS) is 16.9. The number of hydrogen-bond donors (Lipinski definition) is 2. The van der Waals surface area contributed by atoms with E-state index in [1.54, 1.807) is 31.0 Å². The van der Waals surface area contributed by atoms with E-state index in [1.807, 2.05) is 0 Å². The van der Waals surface area contributed by atoms with Crippen LogP contribution in [0.1, 0.15) is 32.6 Å². The Balaban J connectivity index is 2.06. The zero-order chi connectivity index (χ0) is 20.0. The number of carbonyl (C=O) groups is 2. The minimum absolute atomic E-state index is 0.0579. The number of amides is 1. The molecular weight excluding hydrogens is 370 g/mol. The number of carboxylic acids is 1. The number of benzene rings is 1. The number of hydrogen-bond acceptors (Lipinski definition) is 5. The number of piperidine rings is 1. The van der Waals surface area contributed by atoms with Crippen LogP contribution < -0.4 is 5.32 Å². The second kappa shape index (κ2) is 9.29. The van der Waals surface area contributed by atoms with Gasteiger partial charge in [0.2, 0.25) is 15.9 Å². The highest BCUT2D eigenvalue weighted by Crippen LogP contribution is 2.23. The van der Waals surface area contributed by atoms with Crippen molar-refractivity contribution in [1.82, 2.24) is 9.21 Å². The Bertz CT molecular complexity index is 775. The molecule has 1 unspecified atom stereocenters. The molecule has 2 N–H and O–H groups in total. The van der Waals surface area contributed by atoms with Gasteiger partial charge in [-0.15, -0.1) is 0 Å². The van der Waals surface area contributed by atoms with Gasteiger partial charge in [-0.05, 0) is 45.0 Å². The van der Waals surface area contributed by atoms with Crippen molar-refractivity contribution in [2.75, 3.05) is 32.0 Å². The molecule has 27 heavy (non-hydrogen) atoms. The van der Waals surface area contributed by atoms with Gasteiger partial charge < -0.3 is 10.4 Å². The molecule has 1 heterocycles. The molecule has 1 aromatic carbocycles. The van der Waals surface area contributed by atoms with Crippen LogP contribution >= 0.6 is 0 Å². The molecule has 0 aliphatic carbocycles. The number of carbonyl (C=O) groups excluding carboxylic acids is 1. The molecule has 1 aromatic rings. The van der Waals surface area contributed by atoms with Crippen LogP contribution in [0.4, 0.5) is 5.69 Å². The summed E-state index contributed by atoms with van der Waals surface area (Å²) in [5, 5.41) is 11.5. The lowest BCUT2D eigenvalue weighted by Crippen LogP contribution is -2.40. The third kappa shape index (κ3) is 5.75. The molecule has 2 rings (SSSR count). The van der Waals surface area contributed by atoms with Gasteiger partial charge in [0.1, 0.15) is 0 Å². The molecule has 1 atom stereocenters. The molecule has 1 aliphatic heterocycles. The number of likely N-dealkylation sites (N-methyl/N-ethyl adjacent to an activating group) is 1. The predicted octanol–water partition coefficient (Wildman–Crippen LogP) is 1.59. The van der Waals surface area contributed by atoms with Crippen molar-refractivity contribution >= 4 is 27.6 Å². The number of rotatable bonds is 8. The zero-order valence-corrected chi connectivity index (χ0v) is 16.5. The minimum atomic E-state index is -3.57. The molecule has 1 saturated heterocycles. The fourth-order valence-corrected chi connectivity index (χ4v) is 4.46. The van der Waals surface area contributed by atoms with E-state index < -0.39 is 22.0 Å². The molecule has 8 nitrogen and oxygen atoms in total. The first-order valence-corrected chi connectivity index (χ1v) is 10.5. The SMILES string of the molecule is CC(C(=O)Nc1cccc(S(=O)(=O)N2CCCCC2)c1)N(C)CCC(=O)O. The van der Waals surface area contributed by atoms with Gasteiger partial charge in [-0.3, -0.25) is 14.5 Å². The summed E-state index contributed by atoms with van der Waals surface area (Å²) in [5.74, 6) is -1.25. The molecule has 1 amide bonds. The van der Waals surface area contributed by atoms with E-state index >= 15 is 0 Å². The maximum absolute atomic E-state index is 12.8. The molecular formula is C18H27N3O5S. The number of nitrogens with zero attached hydrogens (tertiary/aromatic N) is 2. The Morgan fingerprint density at radius 1 is 1.26 bits per heavy atom. The van der Waals surface area contributed by atoms with Crippen molar-refractivity contribution in [3.63, 3.8) is 0 Å². The van der Waals surface area contributed by atoms with E-state index in [9.17, 15) is 18.0 Å². The third-order valence-corrected chi connectivity index (χ3v) is 6.67. The van der Waals surface area contributed by atoms with Crippen LogP contribution in [-0.2, 0) is 19.6 Å². The smallest absolute Gasteiger partial charge is 0.304 e. The molecule has 150 valence electrons. The lowest BCUT2D eigenvalue weighted by molar-refractivity contribution is -0.137. The minimum Gasteiger partial charge on any atom is -0.481 e. The Morgan fingerprint density at radius 2 is 1.93 bits per heavy atom. The standard InChI is InChI=1S/C18H27N3O5S/c1-14(20(2)12-9-17(22)23)18(24)19-15-7-6-8-16(13-15)27(25,26)21-10-4-3-5-11-21/h6-8,13-14H,3-5,9-12H2,1-2H3,(H,19,24)(H,22,23). The quantitative estimate of drug-likeness (QED) is 0.690. The van der Waals surface area contributed by atoms with Crippen molar-refractivity contribution in [2.45, 2.75) is 43.5 Å². The van der Waals surface area contributed by atoms with E-state index in [2.05, 4.69) is 5.32 Å². The van der Waals surface area contributed by atoms with Crippen LogP contribution in [0.15, 0.2) is 29.2 Å². The average molecular weight is 397 g/mol. The number of carboxylic acid groups (broad SMARTS) is 1. The molecule has 0 saturated carbocycles. The lowest BCUT2D eigenvalue weighted by Gasteiger charge is -2.26. The van der Waals surface area contributed by atoms with E-state index in [1.165, 1.54) is 16.4 Å². The molecule has 1 fully saturated rings. The van der Waals surface area contributed by atoms with Crippen molar-refractivity contribution in [3.8, 4) is 0 Å². The summed E-state index contributed by atoms with van der Waals surface area (Å²) in [7, 11) is -1.90. The molecule has 0 bridgehead atoms. The Morgan fingerprint density at radius 3 is 2.56 bits per heavy atom. The highest BCUT2D eigenvalue weighted by Gasteiger charge is 2.26. The molecule has 9 heteroatoms.